The number of anilines is 1. The van der Waals surface area contributed by atoms with Crippen molar-refractivity contribution in [1.29, 1.82) is 0 Å². The van der Waals surface area contributed by atoms with E-state index in [-0.39, 0.29) is 40.6 Å². The van der Waals surface area contributed by atoms with Crippen LogP contribution in [0.3, 0.4) is 0 Å². The molecule has 1 saturated heterocycles. The Hall–Kier alpha value is -0.840. The summed E-state index contributed by atoms with van der Waals surface area (Å²) >= 11 is 11.4. The first-order valence-corrected chi connectivity index (χ1v) is 5.45. The van der Waals surface area contributed by atoms with Gasteiger partial charge in [-0.2, -0.15) is 0 Å². The van der Waals surface area contributed by atoms with Crippen LogP contribution >= 0.6 is 23.2 Å². The first kappa shape index (κ1) is 11.6. The van der Waals surface area contributed by atoms with Crippen LogP contribution in [0.25, 0.3) is 0 Å². The average Bonchev–Trinajstić information content (AvgIpc) is 2.51. The maximum Gasteiger partial charge on any atom is 0.228 e. The lowest BCUT2D eigenvalue weighted by Crippen LogP contribution is -2.28. The second-order valence-electron chi connectivity index (χ2n) is 3.69. The minimum Gasteiger partial charge on any atom is -0.326 e. The summed E-state index contributed by atoms with van der Waals surface area (Å²) in [7, 11) is 0. The molecule has 1 fully saturated rings. The van der Waals surface area contributed by atoms with Gasteiger partial charge in [0.25, 0.3) is 0 Å². The molecule has 0 bridgehead atoms. The Balaban J connectivity index is 2.44. The van der Waals surface area contributed by atoms with Crippen LogP contribution in [0.1, 0.15) is 6.42 Å². The third-order valence-corrected chi connectivity index (χ3v) is 2.91. The molecule has 86 valence electrons. The first-order chi connectivity index (χ1) is 7.49. The van der Waals surface area contributed by atoms with Gasteiger partial charge in [0.1, 0.15) is 0 Å². The molecule has 1 unspecified atom stereocenters. The zero-order valence-corrected chi connectivity index (χ0v) is 9.72. The van der Waals surface area contributed by atoms with Gasteiger partial charge >= 0.3 is 0 Å². The summed E-state index contributed by atoms with van der Waals surface area (Å²) < 4.78 is 13.7. The van der Waals surface area contributed by atoms with Gasteiger partial charge in [0.05, 0.1) is 10.7 Å². The number of hydrogen-bond donors (Lipinski definition) is 1. The van der Waals surface area contributed by atoms with Crippen molar-refractivity contribution in [2.75, 3.05) is 11.4 Å². The molecule has 1 heterocycles. The van der Waals surface area contributed by atoms with Crippen LogP contribution in [0.15, 0.2) is 12.1 Å². The number of carbonyl (C=O) groups is 1. The standard InChI is InChI=1S/C10H9Cl2FN2O/c11-5-1-7(12)10(13)8(2-5)15-4-6(14)3-9(15)16/h1-2,6H,3-4,14H2. The Kier molecular flexibility index (Phi) is 3.06. The van der Waals surface area contributed by atoms with E-state index in [1.807, 2.05) is 0 Å². The molecule has 0 aromatic heterocycles. The van der Waals surface area contributed by atoms with Crippen molar-refractivity contribution < 1.29 is 9.18 Å². The van der Waals surface area contributed by atoms with Crippen LogP contribution in [0.5, 0.6) is 0 Å². The van der Waals surface area contributed by atoms with E-state index in [0.717, 1.165) is 0 Å². The highest BCUT2D eigenvalue weighted by Crippen LogP contribution is 2.32. The van der Waals surface area contributed by atoms with E-state index >= 15 is 0 Å². The van der Waals surface area contributed by atoms with Gasteiger partial charge in [0.2, 0.25) is 5.91 Å². The number of amides is 1. The molecule has 0 saturated carbocycles. The lowest BCUT2D eigenvalue weighted by atomic mass is 10.2. The lowest BCUT2D eigenvalue weighted by Gasteiger charge is -2.17. The number of benzene rings is 1. The van der Waals surface area contributed by atoms with Crippen molar-refractivity contribution in [3.63, 3.8) is 0 Å². The quantitative estimate of drug-likeness (QED) is 0.789. The molecular formula is C10H9Cl2FN2O. The normalized spacial score (nSPS) is 20.6. The monoisotopic (exact) mass is 262 g/mol. The predicted molar refractivity (Wildman–Crippen MR) is 61.4 cm³/mol. The Morgan fingerprint density at radius 2 is 2.12 bits per heavy atom. The second kappa shape index (κ2) is 4.20. The number of nitrogens with zero attached hydrogens (tertiary/aromatic N) is 1. The topological polar surface area (TPSA) is 46.3 Å². The maximum absolute atomic E-state index is 13.7. The SMILES string of the molecule is NC1CC(=O)N(c2cc(Cl)cc(Cl)c2F)C1. The molecule has 1 aromatic carbocycles. The summed E-state index contributed by atoms with van der Waals surface area (Å²) in [5.74, 6) is -0.863. The van der Waals surface area contributed by atoms with Crippen molar-refractivity contribution in [2.45, 2.75) is 12.5 Å². The van der Waals surface area contributed by atoms with E-state index in [1.165, 1.54) is 17.0 Å². The van der Waals surface area contributed by atoms with Gasteiger partial charge in [-0.3, -0.25) is 4.79 Å². The summed E-state index contributed by atoms with van der Waals surface area (Å²) in [5.41, 5.74) is 5.72. The van der Waals surface area contributed by atoms with E-state index in [2.05, 4.69) is 0 Å². The largest absolute Gasteiger partial charge is 0.326 e. The molecule has 1 aliphatic heterocycles. The number of halogens is 3. The van der Waals surface area contributed by atoms with Gasteiger partial charge in [-0.15, -0.1) is 0 Å². The summed E-state index contributed by atoms with van der Waals surface area (Å²) in [6.45, 7) is 0.284. The van der Waals surface area contributed by atoms with Crippen molar-refractivity contribution in [3.05, 3.63) is 28.0 Å². The van der Waals surface area contributed by atoms with E-state index in [1.54, 1.807) is 0 Å². The van der Waals surface area contributed by atoms with Crippen LogP contribution in [0.4, 0.5) is 10.1 Å². The molecule has 1 aliphatic rings. The van der Waals surface area contributed by atoms with Gasteiger partial charge in [-0.05, 0) is 12.1 Å². The van der Waals surface area contributed by atoms with Gasteiger partial charge in [-0.25, -0.2) is 4.39 Å². The van der Waals surface area contributed by atoms with Gasteiger partial charge < -0.3 is 10.6 Å². The highest BCUT2D eigenvalue weighted by molar-refractivity contribution is 6.35. The average molecular weight is 263 g/mol. The number of nitrogens with two attached hydrogens (primary N) is 1. The highest BCUT2D eigenvalue weighted by atomic mass is 35.5. The minimum atomic E-state index is -0.645. The Morgan fingerprint density at radius 1 is 1.44 bits per heavy atom. The molecule has 3 nitrogen and oxygen atoms in total. The third kappa shape index (κ3) is 2.00. The molecule has 1 atom stereocenters. The summed E-state index contributed by atoms with van der Waals surface area (Å²) in [5, 5.41) is 0.186. The van der Waals surface area contributed by atoms with Crippen LogP contribution in [0, 0.1) is 5.82 Å². The van der Waals surface area contributed by atoms with E-state index in [0.29, 0.717) is 0 Å². The van der Waals surface area contributed by atoms with Crippen molar-refractivity contribution >= 4 is 34.8 Å². The van der Waals surface area contributed by atoms with Crippen molar-refractivity contribution in [1.82, 2.24) is 0 Å². The summed E-state index contributed by atoms with van der Waals surface area (Å²) in [6.07, 6.45) is 0.212. The zero-order chi connectivity index (χ0) is 11.9. The molecule has 6 heteroatoms. The summed E-state index contributed by atoms with van der Waals surface area (Å²) in [6, 6.07) is 2.39. The fourth-order valence-corrected chi connectivity index (χ4v) is 2.19. The third-order valence-electron chi connectivity index (χ3n) is 2.42. The number of carbonyl (C=O) groups excluding carboxylic acids is 1. The van der Waals surface area contributed by atoms with Gasteiger partial charge in [-0.1, -0.05) is 23.2 Å². The smallest absolute Gasteiger partial charge is 0.228 e. The first-order valence-electron chi connectivity index (χ1n) is 4.69. The fraction of sp³-hybridized carbons (Fsp3) is 0.300. The van der Waals surface area contributed by atoms with E-state index in [9.17, 15) is 9.18 Å². The van der Waals surface area contributed by atoms with Crippen LogP contribution in [0.2, 0.25) is 10.0 Å². The molecular weight excluding hydrogens is 254 g/mol. The van der Waals surface area contributed by atoms with Gasteiger partial charge in [0.15, 0.2) is 5.82 Å². The second-order valence-corrected chi connectivity index (χ2v) is 4.53. The molecule has 0 radical (unpaired) electrons. The van der Waals surface area contributed by atoms with E-state index in [4.69, 9.17) is 28.9 Å². The Morgan fingerprint density at radius 3 is 2.69 bits per heavy atom. The number of rotatable bonds is 1. The van der Waals surface area contributed by atoms with Crippen LogP contribution in [-0.4, -0.2) is 18.5 Å². The molecule has 2 rings (SSSR count). The Labute approximate surface area is 102 Å². The molecule has 1 amide bonds. The van der Waals surface area contributed by atoms with Crippen LogP contribution < -0.4 is 10.6 Å². The molecule has 16 heavy (non-hydrogen) atoms. The molecule has 0 spiro atoms. The Bertz CT molecular complexity index is 453. The lowest BCUT2D eigenvalue weighted by molar-refractivity contribution is -0.117. The minimum absolute atomic E-state index is 0.0930. The summed E-state index contributed by atoms with van der Waals surface area (Å²) in [4.78, 5) is 12.8. The van der Waals surface area contributed by atoms with Crippen molar-refractivity contribution in [3.8, 4) is 0 Å². The highest BCUT2D eigenvalue weighted by Gasteiger charge is 2.30. The molecule has 1 aromatic rings. The van der Waals surface area contributed by atoms with E-state index < -0.39 is 5.82 Å². The maximum atomic E-state index is 13.7. The van der Waals surface area contributed by atoms with Crippen molar-refractivity contribution in [2.24, 2.45) is 5.73 Å². The zero-order valence-electron chi connectivity index (χ0n) is 8.21. The number of hydrogen-bond acceptors (Lipinski definition) is 2. The van der Waals surface area contributed by atoms with Gasteiger partial charge in [0, 0.05) is 24.0 Å². The molecule has 0 aliphatic carbocycles. The fourth-order valence-electron chi connectivity index (χ4n) is 1.71. The van der Waals surface area contributed by atoms with Crippen LogP contribution in [-0.2, 0) is 4.79 Å². The molecule has 2 N–H and O–H groups in total. The predicted octanol–water partition coefficient (Wildman–Crippen LogP) is 2.20.